The minimum Gasteiger partial charge on any atom is -0.331 e. The fraction of sp³-hybridized carbons (Fsp3) is 0.500. The molecule has 0 aliphatic heterocycles. The third-order valence-corrected chi connectivity index (χ3v) is 2.58. The zero-order valence-electron chi connectivity index (χ0n) is 8.41. The monoisotopic (exact) mass is 253 g/mol. The van der Waals surface area contributed by atoms with Crippen molar-refractivity contribution in [1.82, 2.24) is 9.88 Å². The Hall–Kier alpha value is -1.15. The Balaban J connectivity index is 2.70. The molecule has 0 aromatic carbocycles. The summed E-state index contributed by atoms with van der Waals surface area (Å²) in [7, 11) is 1.08. The molecule has 0 saturated carbocycles. The first-order valence-electron chi connectivity index (χ1n) is 4.30. The predicted octanol–water partition coefficient (Wildman–Crippen LogP) is 1.24. The molecule has 0 unspecified atom stereocenters. The quantitative estimate of drug-likeness (QED) is 0.881. The number of nitrogens with zero attached hydrogens (tertiary/aromatic N) is 2. The summed E-state index contributed by atoms with van der Waals surface area (Å²) >= 11 is 1.15. The first-order chi connectivity index (χ1) is 7.33. The van der Waals surface area contributed by atoms with Crippen molar-refractivity contribution in [3.8, 4) is 0 Å². The zero-order valence-corrected chi connectivity index (χ0v) is 9.23. The smallest absolute Gasteiger partial charge is 0.331 e. The van der Waals surface area contributed by atoms with Crippen LogP contribution in [-0.4, -0.2) is 35.6 Å². The van der Waals surface area contributed by atoms with Gasteiger partial charge in [-0.05, 0) is 0 Å². The van der Waals surface area contributed by atoms with E-state index in [2.05, 4.69) is 4.98 Å². The van der Waals surface area contributed by atoms with Crippen molar-refractivity contribution in [2.75, 3.05) is 13.6 Å². The van der Waals surface area contributed by atoms with E-state index in [0.29, 0.717) is 9.91 Å². The Kier molecular flexibility index (Phi) is 3.87. The van der Waals surface area contributed by atoms with Crippen LogP contribution in [0.25, 0.3) is 0 Å². The third kappa shape index (κ3) is 3.46. The van der Waals surface area contributed by atoms with Gasteiger partial charge < -0.3 is 10.6 Å². The highest BCUT2D eigenvalue weighted by molar-refractivity contribution is 7.09. The van der Waals surface area contributed by atoms with Crippen molar-refractivity contribution in [2.45, 2.75) is 12.7 Å². The van der Waals surface area contributed by atoms with Gasteiger partial charge in [-0.2, -0.15) is 13.2 Å². The number of amides is 1. The van der Waals surface area contributed by atoms with Gasteiger partial charge in [-0.15, -0.1) is 11.3 Å². The van der Waals surface area contributed by atoms with E-state index in [1.165, 1.54) is 5.38 Å². The number of aromatic nitrogens is 1. The zero-order chi connectivity index (χ0) is 12.3. The Morgan fingerprint density at radius 2 is 2.25 bits per heavy atom. The first kappa shape index (κ1) is 12.9. The second-order valence-electron chi connectivity index (χ2n) is 3.11. The second kappa shape index (κ2) is 4.79. The summed E-state index contributed by atoms with van der Waals surface area (Å²) in [6.45, 7) is -1.12. The van der Waals surface area contributed by atoms with E-state index in [1.807, 2.05) is 0 Å². The Bertz CT molecular complexity index is 377. The highest BCUT2D eigenvalue weighted by Crippen LogP contribution is 2.17. The van der Waals surface area contributed by atoms with Crippen molar-refractivity contribution < 1.29 is 18.0 Å². The van der Waals surface area contributed by atoms with E-state index in [4.69, 9.17) is 5.73 Å². The van der Waals surface area contributed by atoms with Crippen molar-refractivity contribution in [3.63, 3.8) is 0 Å². The minimum absolute atomic E-state index is 0.00259. The number of carbonyl (C=O) groups is 1. The first-order valence-corrected chi connectivity index (χ1v) is 5.18. The molecule has 2 N–H and O–H groups in total. The summed E-state index contributed by atoms with van der Waals surface area (Å²) in [5.74, 6) is -0.756. The molecule has 16 heavy (non-hydrogen) atoms. The maximum Gasteiger partial charge on any atom is 0.406 e. The lowest BCUT2D eigenvalue weighted by Crippen LogP contribution is -2.36. The van der Waals surface area contributed by atoms with Crippen LogP contribution in [0.3, 0.4) is 0 Å². The molecule has 0 aliphatic rings. The molecule has 4 nitrogen and oxygen atoms in total. The van der Waals surface area contributed by atoms with E-state index >= 15 is 0 Å². The average molecular weight is 253 g/mol. The van der Waals surface area contributed by atoms with Gasteiger partial charge in [-0.25, -0.2) is 4.98 Å². The summed E-state index contributed by atoms with van der Waals surface area (Å²) in [5, 5.41) is 1.92. The van der Waals surface area contributed by atoms with Gasteiger partial charge in [0.2, 0.25) is 0 Å². The molecule has 0 saturated heterocycles. The van der Waals surface area contributed by atoms with Gasteiger partial charge in [0, 0.05) is 19.0 Å². The Morgan fingerprint density at radius 3 is 2.69 bits per heavy atom. The van der Waals surface area contributed by atoms with E-state index < -0.39 is 18.6 Å². The van der Waals surface area contributed by atoms with Crippen molar-refractivity contribution in [2.24, 2.45) is 5.73 Å². The Morgan fingerprint density at radius 1 is 1.62 bits per heavy atom. The molecule has 0 fully saturated rings. The maximum atomic E-state index is 12.0. The molecule has 90 valence electrons. The van der Waals surface area contributed by atoms with Crippen LogP contribution in [-0.2, 0) is 6.54 Å². The van der Waals surface area contributed by atoms with Gasteiger partial charge in [0.15, 0.2) is 0 Å². The van der Waals surface area contributed by atoms with Crippen LogP contribution in [0.1, 0.15) is 15.5 Å². The molecule has 0 aliphatic carbocycles. The van der Waals surface area contributed by atoms with Crippen LogP contribution >= 0.6 is 11.3 Å². The van der Waals surface area contributed by atoms with Gasteiger partial charge >= 0.3 is 6.18 Å². The number of thiazole rings is 1. The lowest BCUT2D eigenvalue weighted by molar-refractivity contribution is -0.138. The van der Waals surface area contributed by atoms with Gasteiger partial charge in [-0.1, -0.05) is 0 Å². The molecule has 8 heteroatoms. The highest BCUT2D eigenvalue weighted by atomic mass is 32.1. The molecule has 0 bridgehead atoms. The van der Waals surface area contributed by atoms with Gasteiger partial charge in [-0.3, -0.25) is 4.79 Å². The highest BCUT2D eigenvalue weighted by Gasteiger charge is 2.32. The lowest BCUT2D eigenvalue weighted by Gasteiger charge is -2.17. The topological polar surface area (TPSA) is 59.2 Å². The van der Waals surface area contributed by atoms with Crippen molar-refractivity contribution in [1.29, 1.82) is 0 Å². The van der Waals surface area contributed by atoms with Crippen LogP contribution < -0.4 is 5.73 Å². The Labute approximate surface area is 93.9 Å². The van der Waals surface area contributed by atoms with E-state index in [1.54, 1.807) is 0 Å². The van der Waals surface area contributed by atoms with Crippen LogP contribution in [0.4, 0.5) is 13.2 Å². The lowest BCUT2D eigenvalue weighted by atomic mass is 10.4. The maximum absolute atomic E-state index is 12.0. The number of carbonyl (C=O) groups excluding carboxylic acids is 1. The summed E-state index contributed by atoms with van der Waals surface area (Å²) in [4.78, 5) is 15.9. The van der Waals surface area contributed by atoms with Crippen LogP contribution in [0.15, 0.2) is 5.38 Å². The minimum atomic E-state index is -4.41. The van der Waals surface area contributed by atoms with Crippen LogP contribution in [0.2, 0.25) is 0 Å². The largest absolute Gasteiger partial charge is 0.406 e. The average Bonchev–Trinajstić information content (AvgIpc) is 2.61. The van der Waals surface area contributed by atoms with Gasteiger partial charge in [0.25, 0.3) is 5.91 Å². The normalized spacial score (nSPS) is 11.6. The van der Waals surface area contributed by atoms with Crippen LogP contribution in [0.5, 0.6) is 0 Å². The molecule has 0 atom stereocenters. The molecular formula is C8H10F3N3OS. The standard InChI is InChI=1S/C8H10F3N3OS/c1-14(4-8(9,10)11)7(15)5-3-16-6(2-12)13-5/h3H,2,4,12H2,1H3. The van der Waals surface area contributed by atoms with E-state index in [-0.39, 0.29) is 12.2 Å². The van der Waals surface area contributed by atoms with E-state index in [9.17, 15) is 18.0 Å². The number of nitrogens with two attached hydrogens (primary N) is 1. The number of alkyl halides is 3. The summed E-state index contributed by atoms with van der Waals surface area (Å²) < 4.78 is 36.1. The number of rotatable bonds is 3. The van der Waals surface area contributed by atoms with Crippen molar-refractivity contribution in [3.05, 3.63) is 16.1 Å². The molecule has 1 aromatic rings. The summed E-state index contributed by atoms with van der Waals surface area (Å²) in [6, 6.07) is 0. The van der Waals surface area contributed by atoms with Gasteiger partial charge in [0.05, 0.1) is 0 Å². The number of hydrogen-bond acceptors (Lipinski definition) is 4. The molecule has 1 rings (SSSR count). The van der Waals surface area contributed by atoms with Gasteiger partial charge in [0.1, 0.15) is 17.2 Å². The molecule has 1 aromatic heterocycles. The molecule has 1 amide bonds. The SMILES string of the molecule is CN(CC(F)(F)F)C(=O)c1csc(CN)n1. The summed E-state index contributed by atoms with van der Waals surface area (Å²) in [5.41, 5.74) is 5.28. The fourth-order valence-electron chi connectivity index (χ4n) is 1.04. The van der Waals surface area contributed by atoms with Crippen molar-refractivity contribution >= 4 is 17.2 Å². The summed E-state index contributed by atoms with van der Waals surface area (Å²) in [6.07, 6.45) is -4.41. The van der Waals surface area contributed by atoms with Crippen LogP contribution in [0, 0.1) is 0 Å². The predicted molar refractivity (Wildman–Crippen MR) is 53.0 cm³/mol. The molecule has 1 heterocycles. The number of halogens is 3. The number of hydrogen-bond donors (Lipinski definition) is 1. The second-order valence-corrected chi connectivity index (χ2v) is 4.05. The molecular weight excluding hydrogens is 243 g/mol. The van der Waals surface area contributed by atoms with E-state index in [0.717, 1.165) is 18.4 Å². The third-order valence-electron chi connectivity index (χ3n) is 1.71. The fourth-order valence-corrected chi connectivity index (χ4v) is 1.69. The molecule has 0 spiro atoms. The molecule has 0 radical (unpaired) electrons.